The van der Waals surface area contributed by atoms with E-state index in [1.165, 1.54) is 18.2 Å². The molecule has 1 saturated carbocycles. The number of amides is 1. The van der Waals surface area contributed by atoms with Gasteiger partial charge in [0.15, 0.2) is 0 Å². The van der Waals surface area contributed by atoms with Gasteiger partial charge in [-0.2, -0.15) is 0 Å². The van der Waals surface area contributed by atoms with Crippen molar-refractivity contribution in [2.75, 3.05) is 0 Å². The Morgan fingerprint density at radius 2 is 2.05 bits per heavy atom. The Kier molecular flexibility index (Phi) is 3.49. The number of halogens is 1. The van der Waals surface area contributed by atoms with Gasteiger partial charge in [-0.05, 0) is 46.0 Å². The number of carbonyl (C=O) groups excluding carboxylic acids is 1. The third-order valence-corrected chi connectivity index (χ3v) is 4.93. The molecule has 0 radical (unpaired) electrons. The van der Waals surface area contributed by atoms with Crippen LogP contribution < -0.4 is 10.5 Å². The maximum atomic E-state index is 12.1. The van der Waals surface area contributed by atoms with Gasteiger partial charge in [-0.1, -0.05) is 13.8 Å². The van der Waals surface area contributed by atoms with Gasteiger partial charge in [-0.25, -0.2) is 13.6 Å². The summed E-state index contributed by atoms with van der Waals surface area (Å²) in [4.78, 5) is 12.0. The van der Waals surface area contributed by atoms with Crippen molar-refractivity contribution in [3.63, 3.8) is 0 Å². The topological polar surface area (TPSA) is 89.3 Å². The van der Waals surface area contributed by atoms with Crippen molar-refractivity contribution in [1.29, 1.82) is 0 Å². The van der Waals surface area contributed by atoms with E-state index >= 15 is 0 Å². The summed E-state index contributed by atoms with van der Waals surface area (Å²) in [5, 5.41) is 7.93. The third-order valence-electron chi connectivity index (χ3n) is 3.33. The van der Waals surface area contributed by atoms with Crippen LogP contribution >= 0.6 is 15.9 Å². The molecule has 0 spiro atoms. The lowest BCUT2D eigenvalue weighted by Crippen LogP contribution is -2.29. The van der Waals surface area contributed by atoms with Crippen LogP contribution in [0.25, 0.3) is 0 Å². The van der Waals surface area contributed by atoms with E-state index in [2.05, 4.69) is 35.1 Å². The number of sulfonamides is 1. The van der Waals surface area contributed by atoms with E-state index in [4.69, 9.17) is 5.14 Å². The number of carbonyl (C=O) groups is 1. The zero-order valence-corrected chi connectivity index (χ0v) is 13.0. The van der Waals surface area contributed by atoms with Crippen LogP contribution in [-0.4, -0.2) is 20.4 Å². The van der Waals surface area contributed by atoms with Crippen molar-refractivity contribution in [1.82, 2.24) is 5.32 Å². The minimum absolute atomic E-state index is 0.0732. The van der Waals surface area contributed by atoms with Gasteiger partial charge in [0.1, 0.15) is 0 Å². The summed E-state index contributed by atoms with van der Waals surface area (Å²) >= 11 is 3.24. The number of hydrogen-bond acceptors (Lipinski definition) is 3. The predicted molar refractivity (Wildman–Crippen MR) is 75.2 cm³/mol. The molecular formula is C12H15BrN2O3S. The lowest BCUT2D eigenvalue weighted by molar-refractivity contribution is 0.0945. The largest absolute Gasteiger partial charge is 0.349 e. The molecule has 104 valence electrons. The molecule has 3 N–H and O–H groups in total. The quantitative estimate of drug-likeness (QED) is 0.871. The number of benzene rings is 1. The predicted octanol–water partition coefficient (Wildman–Crippen LogP) is 1.62. The molecule has 1 aromatic rings. The van der Waals surface area contributed by atoms with Crippen LogP contribution in [-0.2, 0) is 10.0 Å². The van der Waals surface area contributed by atoms with E-state index in [0.29, 0.717) is 4.47 Å². The molecule has 2 rings (SSSR count). The summed E-state index contributed by atoms with van der Waals surface area (Å²) in [5.41, 5.74) is 0.383. The van der Waals surface area contributed by atoms with E-state index < -0.39 is 10.0 Å². The standard InChI is InChI=1S/C12H15BrN2O3S/c1-12(2)6-10(12)15-11(16)8-5-7(19(14,17)18)3-4-9(8)13/h3-5,10H,6H2,1-2H3,(H,15,16)(H2,14,17,18). The van der Waals surface area contributed by atoms with Crippen LogP contribution in [0.3, 0.4) is 0 Å². The highest BCUT2D eigenvalue weighted by Crippen LogP contribution is 2.44. The van der Waals surface area contributed by atoms with Gasteiger partial charge in [0, 0.05) is 10.5 Å². The molecule has 0 saturated heterocycles. The first-order chi connectivity index (χ1) is 8.61. The summed E-state index contributed by atoms with van der Waals surface area (Å²) in [6, 6.07) is 4.28. The van der Waals surface area contributed by atoms with Crippen LogP contribution in [0.2, 0.25) is 0 Å². The summed E-state index contributed by atoms with van der Waals surface area (Å²) in [6.07, 6.45) is 0.922. The summed E-state index contributed by atoms with van der Waals surface area (Å²) < 4.78 is 23.1. The summed E-state index contributed by atoms with van der Waals surface area (Å²) in [7, 11) is -3.81. The highest BCUT2D eigenvalue weighted by atomic mass is 79.9. The normalized spacial score (nSPS) is 20.9. The van der Waals surface area contributed by atoms with Crippen LogP contribution in [0.5, 0.6) is 0 Å². The Hall–Kier alpha value is -0.920. The minimum Gasteiger partial charge on any atom is -0.349 e. The van der Waals surface area contributed by atoms with Gasteiger partial charge in [0.2, 0.25) is 10.0 Å². The molecule has 1 aliphatic rings. The van der Waals surface area contributed by atoms with Crippen LogP contribution in [0.4, 0.5) is 0 Å². The first-order valence-corrected chi connectivity index (χ1v) is 8.08. The Morgan fingerprint density at radius 3 is 2.53 bits per heavy atom. The fourth-order valence-corrected chi connectivity index (χ4v) is 2.77. The highest BCUT2D eigenvalue weighted by Gasteiger charge is 2.46. The molecule has 0 aliphatic heterocycles. The molecule has 0 bridgehead atoms. The zero-order chi connectivity index (χ0) is 14.4. The van der Waals surface area contributed by atoms with E-state index in [-0.39, 0.29) is 27.8 Å². The molecule has 0 heterocycles. The van der Waals surface area contributed by atoms with Crippen molar-refractivity contribution in [3.05, 3.63) is 28.2 Å². The minimum atomic E-state index is -3.81. The average Bonchev–Trinajstić information content (AvgIpc) is 2.84. The Morgan fingerprint density at radius 1 is 1.47 bits per heavy atom. The van der Waals surface area contributed by atoms with Crippen molar-refractivity contribution >= 4 is 31.9 Å². The molecule has 5 nitrogen and oxygen atoms in total. The van der Waals surface area contributed by atoms with Gasteiger partial charge in [-0.3, -0.25) is 4.79 Å². The Balaban J connectivity index is 2.26. The molecule has 1 amide bonds. The van der Waals surface area contributed by atoms with Crippen molar-refractivity contribution in [2.24, 2.45) is 10.6 Å². The Labute approximate surface area is 120 Å². The van der Waals surface area contributed by atoms with Gasteiger partial charge in [-0.15, -0.1) is 0 Å². The first-order valence-electron chi connectivity index (χ1n) is 5.74. The number of primary sulfonamides is 1. The van der Waals surface area contributed by atoms with Crippen molar-refractivity contribution in [2.45, 2.75) is 31.2 Å². The van der Waals surface area contributed by atoms with Crippen LogP contribution in [0.15, 0.2) is 27.6 Å². The molecule has 1 atom stereocenters. The lowest BCUT2D eigenvalue weighted by atomic mass is 10.1. The second-order valence-electron chi connectivity index (χ2n) is 5.41. The van der Waals surface area contributed by atoms with E-state index in [0.717, 1.165) is 6.42 Å². The fraction of sp³-hybridized carbons (Fsp3) is 0.417. The maximum Gasteiger partial charge on any atom is 0.252 e. The van der Waals surface area contributed by atoms with Crippen molar-refractivity contribution < 1.29 is 13.2 Å². The SMILES string of the molecule is CC1(C)CC1NC(=O)c1cc(S(N)(=O)=O)ccc1Br. The second-order valence-corrected chi connectivity index (χ2v) is 7.82. The molecule has 7 heteroatoms. The summed E-state index contributed by atoms with van der Waals surface area (Å²) in [5.74, 6) is -0.298. The van der Waals surface area contributed by atoms with Crippen molar-refractivity contribution in [3.8, 4) is 0 Å². The Bertz CT molecular complexity index is 640. The molecular weight excluding hydrogens is 332 g/mol. The monoisotopic (exact) mass is 346 g/mol. The smallest absolute Gasteiger partial charge is 0.252 e. The molecule has 1 aliphatic carbocycles. The highest BCUT2D eigenvalue weighted by molar-refractivity contribution is 9.10. The molecule has 1 aromatic carbocycles. The van der Waals surface area contributed by atoms with Gasteiger partial charge < -0.3 is 5.32 Å². The van der Waals surface area contributed by atoms with Gasteiger partial charge in [0.05, 0.1) is 10.5 Å². The maximum absolute atomic E-state index is 12.1. The zero-order valence-electron chi connectivity index (χ0n) is 10.6. The van der Waals surface area contributed by atoms with Crippen LogP contribution in [0.1, 0.15) is 30.6 Å². The molecule has 1 fully saturated rings. The number of hydrogen-bond donors (Lipinski definition) is 2. The fourth-order valence-electron chi connectivity index (χ4n) is 1.80. The van der Waals surface area contributed by atoms with E-state index in [1.807, 2.05) is 0 Å². The molecule has 1 unspecified atom stereocenters. The molecule has 19 heavy (non-hydrogen) atoms. The second kappa shape index (κ2) is 4.57. The number of nitrogens with two attached hydrogens (primary N) is 1. The average molecular weight is 347 g/mol. The van der Waals surface area contributed by atoms with Gasteiger partial charge >= 0.3 is 0 Å². The van der Waals surface area contributed by atoms with E-state index in [9.17, 15) is 13.2 Å². The first kappa shape index (κ1) is 14.5. The lowest BCUT2D eigenvalue weighted by Gasteiger charge is -2.09. The van der Waals surface area contributed by atoms with Gasteiger partial charge in [0.25, 0.3) is 5.91 Å². The number of nitrogens with one attached hydrogen (secondary N) is 1. The van der Waals surface area contributed by atoms with Crippen LogP contribution in [0, 0.1) is 5.41 Å². The van der Waals surface area contributed by atoms with E-state index in [1.54, 1.807) is 0 Å². The number of rotatable bonds is 3. The molecule has 0 aromatic heterocycles. The summed E-state index contributed by atoms with van der Waals surface area (Å²) in [6.45, 7) is 4.13. The third kappa shape index (κ3) is 3.16.